The molecule has 0 bridgehead atoms. The van der Waals surface area contributed by atoms with Crippen molar-refractivity contribution in [2.45, 2.75) is 33.7 Å². The lowest BCUT2D eigenvalue weighted by atomic mass is 10.2. The van der Waals surface area contributed by atoms with Crippen LogP contribution in [0.5, 0.6) is 0 Å². The fourth-order valence-corrected chi connectivity index (χ4v) is 2.15. The first-order valence-electron chi connectivity index (χ1n) is 7.75. The van der Waals surface area contributed by atoms with Crippen LogP contribution >= 0.6 is 0 Å². The van der Waals surface area contributed by atoms with E-state index in [0.29, 0.717) is 6.54 Å². The molecule has 0 saturated carbocycles. The van der Waals surface area contributed by atoms with Crippen LogP contribution in [0.15, 0.2) is 18.3 Å². The fraction of sp³-hybridized carbons (Fsp3) is 0.625. The zero-order valence-electron chi connectivity index (χ0n) is 13.7. The van der Waals surface area contributed by atoms with Gasteiger partial charge in [0.2, 0.25) is 5.91 Å². The average Bonchev–Trinajstić information content (AvgIpc) is 2.47. The second-order valence-electron chi connectivity index (χ2n) is 5.22. The minimum absolute atomic E-state index is 0.177. The number of amides is 1. The lowest BCUT2D eigenvalue weighted by Gasteiger charge is -2.23. The Morgan fingerprint density at radius 2 is 1.95 bits per heavy atom. The van der Waals surface area contributed by atoms with Gasteiger partial charge in [0.15, 0.2) is 0 Å². The Morgan fingerprint density at radius 3 is 2.48 bits per heavy atom. The van der Waals surface area contributed by atoms with Crippen molar-refractivity contribution in [3.05, 3.63) is 23.9 Å². The second kappa shape index (κ2) is 9.34. The SMILES string of the molecule is CCCNc1ccc(CN(C)CC(=O)N(CC)CC)cn1. The molecule has 0 unspecified atom stereocenters. The highest BCUT2D eigenvalue weighted by molar-refractivity contribution is 5.78. The summed E-state index contributed by atoms with van der Waals surface area (Å²) < 4.78 is 0. The van der Waals surface area contributed by atoms with Gasteiger partial charge in [-0.2, -0.15) is 0 Å². The molecular formula is C16H28N4O. The maximum Gasteiger partial charge on any atom is 0.236 e. The van der Waals surface area contributed by atoms with Crippen molar-refractivity contribution in [2.75, 3.05) is 38.5 Å². The maximum absolute atomic E-state index is 12.0. The van der Waals surface area contributed by atoms with E-state index in [2.05, 4.69) is 23.3 Å². The van der Waals surface area contributed by atoms with Crippen LogP contribution in [0.25, 0.3) is 0 Å². The maximum atomic E-state index is 12.0. The van der Waals surface area contributed by atoms with Gasteiger partial charge < -0.3 is 10.2 Å². The summed E-state index contributed by atoms with van der Waals surface area (Å²) in [4.78, 5) is 20.3. The molecule has 0 radical (unpaired) electrons. The first kappa shape index (κ1) is 17.4. The van der Waals surface area contributed by atoms with E-state index in [-0.39, 0.29) is 5.91 Å². The summed E-state index contributed by atoms with van der Waals surface area (Å²) in [5.74, 6) is 1.08. The first-order chi connectivity index (χ1) is 10.1. The minimum atomic E-state index is 0.177. The molecule has 0 spiro atoms. The highest BCUT2D eigenvalue weighted by Crippen LogP contribution is 2.07. The number of nitrogens with one attached hydrogen (secondary N) is 1. The summed E-state index contributed by atoms with van der Waals surface area (Å²) in [6, 6.07) is 4.05. The predicted octanol–water partition coefficient (Wildman–Crippen LogP) is 2.20. The molecule has 1 aromatic heterocycles. The summed E-state index contributed by atoms with van der Waals surface area (Å²) in [6.45, 7) is 9.78. The summed E-state index contributed by atoms with van der Waals surface area (Å²) in [7, 11) is 1.96. The Bertz CT molecular complexity index is 415. The molecule has 1 aromatic rings. The Morgan fingerprint density at radius 1 is 1.24 bits per heavy atom. The zero-order valence-corrected chi connectivity index (χ0v) is 13.7. The fourth-order valence-electron chi connectivity index (χ4n) is 2.15. The predicted molar refractivity (Wildman–Crippen MR) is 87.3 cm³/mol. The molecule has 21 heavy (non-hydrogen) atoms. The molecule has 1 N–H and O–H groups in total. The van der Waals surface area contributed by atoms with E-state index in [1.807, 2.05) is 43.0 Å². The summed E-state index contributed by atoms with van der Waals surface area (Å²) >= 11 is 0. The van der Waals surface area contributed by atoms with Crippen molar-refractivity contribution in [2.24, 2.45) is 0 Å². The van der Waals surface area contributed by atoms with Gasteiger partial charge in [0, 0.05) is 32.4 Å². The molecule has 0 aliphatic heterocycles. The van der Waals surface area contributed by atoms with Gasteiger partial charge in [0.1, 0.15) is 5.82 Å². The smallest absolute Gasteiger partial charge is 0.236 e. The van der Waals surface area contributed by atoms with Crippen molar-refractivity contribution in [3.63, 3.8) is 0 Å². The lowest BCUT2D eigenvalue weighted by molar-refractivity contribution is -0.131. The van der Waals surface area contributed by atoms with Gasteiger partial charge in [-0.3, -0.25) is 9.69 Å². The molecule has 0 aliphatic carbocycles. The van der Waals surface area contributed by atoms with Crippen LogP contribution in [0.1, 0.15) is 32.8 Å². The molecule has 1 rings (SSSR count). The van der Waals surface area contributed by atoms with Gasteiger partial charge in [-0.25, -0.2) is 4.98 Å². The molecule has 0 saturated heterocycles. The highest BCUT2D eigenvalue weighted by Gasteiger charge is 2.12. The van der Waals surface area contributed by atoms with E-state index >= 15 is 0 Å². The van der Waals surface area contributed by atoms with Crippen molar-refractivity contribution < 1.29 is 4.79 Å². The van der Waals surface area contributed by atoms with E-state index in [4.69, 9.17) is 0 Å². The number of carbonyl (C=O) groups excluding carboxylic acids is 1. The van der Waals surface area contributed by atoms with Crippen LogP contribution in [-0.2, 0) is 11.3 Å². The summed E-state index contributed by atoms with van der Waals surface area (Å²) in [5, 5.41) is 3.25. The Hall–Kier alpha value is -1.62. The van der Waals surface area contributed by atoms with E-state index in [1.165, 1.54) is 0 Å². The molecule has 0 aliphatic rings. The van der Waals surface area contributed by atoms with Gasteiger partial charge >= 0.3 is 0 Å². The third kappa shape index (κ3) is 6.12. The van der Waals surface area contributed by atoms with Gasteiger partial charge in [-0.1, -0.05) is 13.0 Å². The largest absolute Gasteiger partial charge is 0.370 e. The number of rotatable bonds is 9. The van der Waals surface area contributed by atoms with Crippen molar-refractivity contribution in [3.8, 4) is 0 Å². The molecule has 118 valence electrons. The normalized spacial score (nSPS) is 10.7. The van der Waals surface area contributed by atoms with Crippen LogP contribution in [0.3, 0.4) is 0 Å². The Kier molecular flexibility index (Phi) is 7.75. The van der Waals surface area contributed by atoms with Gasteiger partial charge in [0.25, 0.3) is 0 Å². The van der Waals surface area contributed by atoms with Gasteiger partial charge in [-0.15, -0.1) is 0 Å². The topological polar surface area (TPSA) is 48.5 Å². The number of anilines is 1. The second-order valence-corrected chi connectivity index (χ2v) is 5.22. The average molecular weight is 292 g/mol. The number of carbonyl (C=O) groups is 1. The molecule has 1 heterocycles. The van der Waals surface area contributed by atoms with Gasteiger partial charge in [-0.05, 0) is 38.9 Å². The molecule has 0 atom stereocenters. The highest BCUT2D eigenvalue weighted by atomic mass is 16.2. The molecule has 0 aromatic carbocycles. The third-order valence-electron chi connectivity index (χ3n) is 3.35. The molecule has 0 fully saturated rings. The van der Waals surface area contributed by atoms with E-state index < -0.39 is 0 Å². The standard InChI is InChI=1S/C16H28N4O/c1-5-10-17-15-9-8-14(11-18-15)12-19(4)13-16(21)20(6-2)7-3/h8-9,11H,5-7,10,12-13H2,1-4H3,(H,17,18). The molecule has 5 nitrogen and oxygen atoms in total. The number of pyridine rings is 1. The number of likely N-dealkylation sites (N-methyl/N-ethyl adjacent to an activating group) is 2. The Labute approximate surface area is 128 Å². The lowest BCUT2D eigenvalue weighted by Crippen LogP contribution is -2.38. The van der Waals surface area contributed by atoms with Crippen LogP contribution in [0.2, 0.25) is 0 Å². The quantitative estimate of drug-likeness (QED) is 0.758. The molecule has 1 amide bonds. The van der Waals surface area contributed by atoms with Crippen molar-refractivity contribution >= 4 is 11.7 Å². The summed E-state index contributed by atoms with van der Waals surface area (Å²) in [6.07, 6.45) is 2.95. The number of hydrogen-bond acceptors (Lipinski definition) is 4. The minimum Gasteiger partial charge on any atom is -0.370 e. The van der Waals surface area contributed by atoms with Crippen molar-refractivity contribution in [1.82, 2.24) is 14.8 Å². The van der Waals surface area contributed by atoms with Gasteiger partial charge in [0.05, 0.1) is 6.54 Å². The van der Waals surface area contributed by atoms with E-state index in [9.17, 15) is 4.79 Å². The molecule has 5 heteroatoms. The van der Waals surface area contributed by atoms with E-state index in [0.717, 1.165) is 44.0 Å². The van der Waals surface area contributed by atoms with E-state index in [1.54, 1.807) is 0 Å². The summed E-state index contributed by atoms with van der Waals surface area (Å²) in [5.41, 5.74) is 1.12. The van der Waals surface area contributed by atoms with Crippen LogP contribution in [-0.4, -0.2) is 53.9 Å². The Balaban J connectivity index is 2.47. The van der Waals surface area contributed by atoms with Crippen LogP contribution < -0.4 is 5.32 Å². The van der Waals surface area contributed by atoms with Crippen LogP contribution in [0.4, 0.5) is 5.82 Å². The monoisotopic (exact) mass is 292 g/mol. The third-order valence-corrected chi connectivity index (χ3v) is 3.35. The zero-order chi connectivity index (χ0) is 15.7. The number of nitrogens with zero attached hydrogens (tertiary/aromatic N) is 3. The first-order valence-corrected chi connectivity index (χ1v) is 7.75. The number of hydrogen-bond donors (Lipinski definition) is 1. The molecular weight excluding hydrogens is 264 g/mol. The number of aromatic nitrogens is 1. The van der Waals surface area contributed by atoms with Crippen molar-refractivity contribution in [1.29, 1.82) is 0 Å². The van der Waals surface area contributed by atoms with Crippen LogP contribution in [0, 0.1) is 0 Å².